The molecule has 0 saturated carbocycles. The van der Waals surface area contributed by atoms with Crippen molar-refractivity contribution in [2.45, 2.75) is 72.6 Å². The number of aryl methyl sites for hydroxylation is 2. The molecule has 1 heteroatoms. The molecule has 0 nitrogen and oxygen atoms in total. The Hall–Kier alpha value is -0.610. The van der Waals surface area contributed by atoms with E-state index in [0.717, 1.165) is 15.0 Å². The van der Waals surface area contributed by atoms with Crippen LogP contribution in [0.1, 0.15) is 76.0 Å². The van der Waals surface area contributed by atoms with Crippen molar-refractivity contribution in [3.8, 4) is 0 Å². The van der Waals surface area contributed by atoms with Crippen LogP contribution >= 0.6 is 8.58 Å². The molecule has 1 rings (SSSR count). The van der Waals surface area contributed by atoms with Gasteiger partial charge in [-0.25, -0.2) is 0 Å². The summed E-state index contributed by atoms with van der Waals surface area (Å²) in [5, 5.41) is 1.58. The number of benzene rings is 1. The van der Waals surface area contributed by atoms with E-state index >= 15 is 0 Å². The Kier molecular flexibility index (Phi) is 8.93. The van der Waals surface area contributed by atoms with Crippen LogP contribution in [0, 0.1) is 6.92 Å². The standard InChI is InChI=1S/C20H33P/c1-6-9-10-13-17-14-16(4)20(19(15-17)21-5)18(11-7-2)12-8-3/h11,14-15,21H,6-10,12-13H2,1-5H3/b18-11+. The average molecular weight is 304 g/mol. The van der Waals surface area contributed by atoms with Crippen LogP contribution in [0.3, 0.4) is 0 Å². The van der Waals surface area contributed by atoms with Gasteiger partial charge in [0.2, 0.25) is 0 Å². The fourth-order valence-corrected chi connectivity index (χ4v) is 3.99. The summed E-state index contributed by atoms with van der Waals surface area (Å²) in [5.74, 6) is 0. The third-order valence-corrected chi connectivity index (χ3v) is 4.96. The number of hydrogen-bond acceptors (Lipinski definition) is 0. The zero-order chi connectivity index (χ0) is 15.7. The molecule has 0 amide bonds. The molecule has 21 heavy (non-hydrogen) atoms. The van der Waals surface area contributed by atoms with Crippen LogP contribution in [0.25, 0.3) is 5.57 Å². The van der Waals surface area contributed by atoms with E-state index in [-0.39, 0.29) is 0 Å². The number of rotatable bonds is 9. The molecule has 0 N–H and O–H groups in total. The van der Waals surface area contributed by atoms with E-state index < -0.39 is 0 Å². The Labute approximate surface area is 134 Å². The molecule has 0 spiro atoms. The predicted molar refractivity (Wildman–Crippen MR) is 101 cm³/mol. The minimum absolute atomic E-state index is 0.888. The zero-order valence-corrected chi connectivity index (χ0v) is 15.7. The lowest BCUT2D eigenvalue weighted by molar-refractivity contribution is 0.717. The molecule has 0 aliphatic rings. The summed E-state index contributed by atoms with van der Waals surface area (Å²) >= 11 is 0. The SMILES string of the molecule is CC/C=C(\CCC)c1c(C)cc(CCCCC)cc1PC. The minimum atomic E-state index is 0.888. The van der Waals surface area contributed by atoms with Crippen molar-refractivity contribution in [1.29, 1.82) is 0 Å². The Morgan fingerprint density at radius 2 is 1.86 bits per heavy atom. The third-order valence-electron chi connectivity index (χ3n) is 4.02. The van der Waals surface area contributed by atoms with Crippen molar-refractivity contribution in [1.82, 2.24) is 0 Å². The van der Waals surface area contributed by atoms with E-state index in [1.165, 1.54) is 44.1 Å². The van der Waals surface area contributed by atoms with Crippen LogP contribution in [-0.4, -0.2) is 6.66 Å². The Bertz CT molecular complexity index is 457. The number of hydrogen-bond donors (Lipinski definition) is 0. The highest BCUT2D eigenvalue weighted by molar-refractivity contribution is 7.46. The van der Waals surface area contributed by atoms with Gasteiger partial charge in [0.25, 0.3) is 0 Å². The molecule has 118 valence electrons. The van der Waals surface area contributed by atoms with Crippen molar-refractivity contribution in [2.24, 2.45) is 0 Å². The highest BCUT2D eigenvalue weighted by Crippen LogP contribution is 2.27. The molecule has 0 radical (unpaired) electrons. The van der Waals surface area contributed by atoms with Gasteiger partial charge in [-0.2, -0.15) is 0 Å². The summed E-state index contributed by atoms with van der Waals surface area (Å²) in [6.45, 7) is 11.4. The predicted octanol–water partition coefficient (Wildman–Crippen LogP) is 6.25. The highest BCUT2D eigenvalue weighted by Gasteiger charge is 2.11. The molecule has 1 aromatic carbocycles. The molecular formula is C20H33P. The van der Waals surface area contributed by atoms with Gasteiger partial charge in [-0.15, -0.1) is 0 Å². The highest BCUT2D eigenvalue weighted by atomic mass is 31.1. The van der Waals surface area contributed by atoms with Crippen molar-refractivity contribution >= 4 is 19.5 Å². The van der Waals surface area contributed by atoms with Crippen LogP contribution in [0.5, 0.6) is 0 Å². The van der Waals surface area contributed by atoms with Crippen molar-refractivity contribution in [3.05, 3.63) is 34.9 Å². The summed E-state index contributed by atoms with van der Waals surface area (Å²) < 4.78 is 0. The maximum Gasteiger partial charge on any atom is -0.0124 e. The monoisotopic (exact) mass is 304 g/mol. The van der Waals surface area contributed by atoms with E-state index in [2.05, 4.69) is 52.6 Å². The van der Waals surface area contributed by atoms with Gasteiger partial charge in [0.05, 0.1) is 0 Å². The van der Waals surface area contributed by atoms with Gasteiger partial charge in [0.15, 0.2) is 0 Å². The Morgan fingerprint density at radius 3 is 2.43 bits per heavy atom. The van der Waals surface area contributed by atoms with Gasteiger partial charge in [-0.3, -0.25) is 0 Å². The van der Waals surface area contributed by atoms with Crippen LogP contribution in [0.15, 0.2) is 18.2 Å². The summed E-state index contributed by atoms with van der Waals surface area (Å²) in [5.41, 5.74) is 6.16. The van der Waals surface area contributed by atoms with E-state index in [0.29, 0.717) is 0 Å². The van der Waals surface area contributed by atoms with E-state index in [4.69, 9.17) is 0 Å². The second-order valence-electron chi connectivity index (χ2n) is 5.93. The largest absolute Gasteiger partial charge is 0.0929 e. The molecule has 1 aromatic rings. The minimum Gasteiger partial charge on any atom is -0.0929 e. The first-order valence-electron chi connectivity index (χ1n) is 8.68. The van der Waals surface area contributed by atoms with Crippen LogP contribution in [0.4, 0.5) is 0 Å². The summed E-state index contributed by atoms with van der Waals surface area (Å²) in [4.78, 5) is 0. The van der Waals surface area contributed by atoms with Crippen molar-refractivity contribution < 1.29 is 0 Å². The molecule has 0 aliphatic carbocycles. The maximum atomic E-state index is 2.48. The van der Waals surface area contributed by atoms with Crippen LogP contribution in [-0.2, 0) is 6.42 Å². The second kappa shape index (κ2) is 10.2. The lowest BCUT2D eigenvalue weighted by Gasteiger charge is -2.17. The summed E-state index contributed by atoms with van der Waals surface area (Å²) in [6.07, 6.45) is 11.2. The Morgan fingerprint density at radius 1 is 1.10 bits per heavy atom. The van der Waals surface area contributed by atoms with Crippen molar-refractivity contribution in [2.75, 3.05) is 6.66 Å². The van der Waals surface area contributed by atoms with Gasteiger partial charge in [-0.05, 0) is 66.8 Å². The Balaban J connectivity index is 3.11. The topological polar surface area (TPSA) is 0 Å². The average Bonchev–Trinajstić information content (AvgIpc) is 2.47. The zero-order valence-electron chi connectivity index (χ0n) is 14.7. The lowest BCUT2D eigenvalue weighted by atomic mass is 9.93. The molecular weight excluding hydrogens is 271 g/mol. The third kappa shape index (κ3) is 5.59. The van der Waals surface area contributed by atoms with E-state index in [1.54, 1.807) is 22.0 Å². The maximum absolute atomic E-state index is 2.48. The van der Waals surface area contributed by atoms with E-state index in [1.807, 2.05) is 0 Å². The molecule has 0 aromatic heterocycles. The normalized spacial score (nSPS) is 12.5. The van der Waals surface area contributed by atoms with Crippen LogP contribution in [0.2, 0.25) is 0 Å². The van der Waals surface area contributed by atoms with Gasteiger partial charge < -0.3 is 0 Å². The lowest BCUT2D eigenvalue weighted by Crippen LogP contribution is -2.08. The molecule has 0 aliphatic heterocycles. The van der Waals surface area contributed by atoms with Crippen molar-refractivity contribution in [3.63, 3.8) is 0 Å². The molecule has 0 heterocycles. The van der Waals surface area contributed by atoms with Gasteiger partial charge >= 0.3 is 0 Å². The van der Waals surface area contributed by atoms with Gasteiger partial charge in [0, 0.05) is 0 Å². The molecule has 0 saturated heterocycles. The molecule has 0 bridgehead atoms. The summed E-state index contributed by atoms with van der Waals surface area (Å²) in [7, 11) is 0.888. The first kappa shape index (κ1) is 18.4. The fourth-order valence-electron chi connectivity index (χ4n) is 3.05. The molecule has 0 fully saturated rings. The fraction of sp³-hybridized carbons (Fsp3) is 0.600. The smallest absolute Gasteiger partial charge is 0.0124 e. The number of allylic oxidation sites excluding steroid dienone is 2. The van der Waals surface area contributed by atoms with Crippen LogP contribution < -0.4 is 5.30 Å². The summed E-state index contributed by atoms with van der Waals surface area (Å²) in [6, 6.07) is 4.92. The second-order valence-corrected chi connectivity index (χ2v) is 6.97. The van der Waals surface area contributed by atoms with Gasteiger partial charge in [0.1, 0.15) is 0 Å². The van der Waals surface area contributed by atoms with E-state index in [9.17, 15) is 0 Å². The van der Waals surface area contributed by atoms with Gasteiger partial charge in [-0.1, -0.05) is 66.8 Å². The first-order valence-corrected chi connectivity index (χ1v) is 10.2. The quantitative estimate of drug-likeness (QED) is 0.373. The number of unbranched alkanes of at least 4 members (excludes halogenated alkanes) is 2. The first-order chi connectivity index (χ1) is 10.2. The molecule has 1 atom stereocenters. The molecule has 1 unspecified atom stereocenters.